The fraction of sp³-hybridized carbons (Fsp3) is 0.538. The smallest absolute Gasteiger partial charge is 0.240 e. The highest BCUT2D eigenvalue weighted by atomic mass is 32.2. The van der Waals surface area contributed by atoms with Gasteiger partial charge in [-0.2, -0.15) is 11.8 Å². The molecule has 2 rings (SSSR count). The van der Waals surface area contributed by atoms with Crippen molar-refractivity contribution in [2.75, 3.05) is 18.6 Å². The van der Waals surface area contributed by atoms with Gasteiger partial charge in [0, 0.05) is 18.3 Å². The molecule has 1 aliphatic heterocycles. The third-order valence-corrected chi connectivity index (χ3v) is 5.86. The molecule has 1 saturated heterocycles. The summed E-state index contributed by atoms with van der Waals surface area (Å²) in [5.74, 6) is 2.41. The quantitative estimate of drug-likeness (QED) is 0.867. The normalized spacial score (nSPS) is 20.4. The maximum Gasteiger partial charge on any atom is 0.240 e. The molecule has 2 N–H and O–H groups in total. The largest absolute Gasteiger partial charge is 0.309 e. The summed E-state index contributed by atoms with van der Waals surface area (Å²) in [5, 5.41) is 3.50. The van der Waals surface area contributed by atoms with E-state index in [9.17, 15) is 8.42 Å². The Morgan fingerprint density at radius 2 is 2.26 bits per heavy atom. The van der Waals surface area contributed by atoms with Crippen molar-refractivity contribution in [2.24, 2.45) is 0 Å². The van der Waals surface area contributed by atoms with Crippen LogP contribution in [-0.2, 0) is 16.6 Å². The second-order valence-electron chi connectivity index (χ2n) is 4.65. The molecule has 0 aliphatic carbocycles. The molecule has 1 aromatic rings. The van der Waals surface area contributed by atoms with E-state index in [0.29, 0.717) is 10.9 Å². The zero-order valence-electron chi connectivity index (χ0n) is 11.1. The Balaban J connectivity index is 1.99. The summed E-state index contributed by atoms with van der Waals surface area (Å²) in [6.07, 6.45) is 2.47. The molecular weight excluding hydrogens is 280 g/mol. The summed E-state index contributed by atoms with van der Waals surface area (Å²) in [7, 11) is -1.92. The van der Waals surface area contributed by atoms with Gasteiger partial charge in [-0.3, -0.25) is 0 Å². The Morgan fingerprint density at radius 3 is 2.95 bits per heavy atom. The van der Waals surface area contributed by atoms with Crippen molar-refractivity contribution in [3.8, 4) is 0 Å². The summed E-state index contributed by atoms with van der Waals surface area (Å²) in [4.78, 5) is 0.326. The zero-order chi connectivity index (χ0) is 13.7. The van der Waals surface area contributed by atoms with Gasteiger partial charge >= 0.3 is 0 Å². The first kappa shape index (κ1) is 14.8. The van der Waals surface area contributed by atoms with Gasteiger partial charge < -0.3 is 5.32 Å². The van der Waals surface area contributed by atoms with Gasteiger partial charge in [0.05, 0.1) is 4.90 Å². The van der Waals surface area contributed by atoms with Crippen molar-refractivity contribution in [1.82, 2.24) is 10.0 Å². The van der Waals surface area contributed by atoms with Crippen LogP contribution in [0.25, 0.3) is 0 Å². The monoisotopic (exact) mass is 300 g/mol. The Bertz CT molecular complexity index is 511. The van der Waals surface area contributed by atoms with Gasteiger partial charge in [0.25, 0.3) is 0 Å². The Morgan fingerprint density at radius 1 is 1.42 bits per heavy atom. The fourth-order valence-electron chi connectivity index (χ4n) is 2.10. The fourth-order valence-corrected chi connectivity index (χ4v) is 4.01. The molecule has 6 heteroatoms. The van der Waals surface area contributed by atoms with Crippen LogP contribution in [-0.4, -0.2) is 33.0 Å². The highest BCUT2D eigenvalue weighted by Crippen LogP contribution is 2.17. The van der Waals surface area contributed by atoms with Crippen molar-refractivity contribution in [3.05, 3.63) is 29.8 Å². The summed E-state index contributed by atoms with van der Waals surface area (Å²) in [6, 6.07) is 7.64. The molecule has 0 saturated carbocycles. The first-order valence-electron chi connectivity index (χ1n) is 6.45. The summed E-state index contributed by atoms with van der Waals surface area (Å²) < 4.78 is 25.8. The molecule has 106 valence electrons. The van der Waals surface area contributed by atoms with E-state index in [1.165, 1.54) is 25.6 Å². The molecular formula is C13H20N2O2S2. The number of hydrogen-bond acceptors (Lipinski definition) is 4. The number of thioether (sulfide) groups is 1. The van der Waals surface area contributed by atoms with Gasteiger partial charge in [-0.15, -0.1) is 0 Å². The molecule has 1 heterocycles. The minimum absolute atomic E-state index is 0.326. The molecule has 1 aliphatic rings. The van der Waals surface area contributed by atoms with Crippen LogP contribution >= 0.6 is 11.8 Å². The van der Waals surface area contributed by atoms with Crippen LogP contribution in [0.15, 0.2) is 29.2 Å². The topological polar surface area (TPSA) is 58.2 Å². The molecule has 0 bridgehead atoms. The van der Waals surface area contributed by atoms with Crippen molar-refractivity contribution in [3.63, 3.8) is 0 Å². The van der Waals surface area contributed by atoms with Crippen molar-refractivity contribution >= 4 is 21.8 Å². The average Bonchev–Trinajstić information content (AvgIpc) is 2.46. The van der Waals surface area contributed by atoms with Crippen LogP contribution in [0.5, 0.6) is 0 Å². The van der Waals surface area contributed by atoms with E-state index in [0.717, 1.165) is 17.9 Å². The maximum absolute atomic E-state index is 11.7. The van der Waals surface area contributed by atoms with E-state index in [-0.39, 0.29) is 0 Å². The van der Waals surface area contributed by atoms with Crippen LogP contribution in [0, 0.1) is 0 Å². The van der Waals surface area contributed by atoms with Crippen molar-refractivity contribution < 1.29 is 8.42 Å². The second kappa shape index (κ2) is 6.74. The molecule has 1 atom stereocenters. The Kier molecular flexibility index (Phi) is 5.27. The molecule has 0 aromatic heterocycles. The lowest BCUT2D eigenvalue weighted by atomic mass is 10.1. The predicted octanol–water partition coefficient (Wildman–Crippen LogP) is 1.58. The highest BCUT2D eigenvalue weighted by molar-refractivity contribution is 7.99. The zero-order valence-corrected chi connectivity index (χ0v) is 12.7. The molecule has 0 radical (unpaired) electrons. The molecule has 0 amide bonds. The first-order chi connectivity index (χ1) is 9.12. The second-order valence-corrected chi connectivity index (χ2v) is 7.69. The minimum atomic E-state index is -3.35. The standard InChI is InChI=1S/C13H20N2O2S2/c1-14-19(16,17)13-6-2-4-11(8-13)9-15-12-5-3-7-18-10-12/h2,4,6,8,12,14-15H,3,5,7,9-10H2,1H3/t12-/m1/s1. The van der Waals surface area contributed by atoms with E-state index in [1.807, 2.05) is 17.8 Å². The molecule has 1 aromatic carbocycles. The molecule has 1 fully saturated rings. The molecule has 0 unspecified atom stereocenters. The minimum Gasteiger partial charge on any atom is -0.309 e. The lowest BCUT2D eigenvalue weighted by Crippen LogP contribution is -2.33. The van der Waals surface area contributed by atoms with Gasteiger partial charge in [-0.25, -0.2) is 13.1 Å². The maximum atomic E-state index is 11.7. The molecule has 19 heavy (non-hydrogen) atoms. The lowest BCUT2D eigenvalue weighted by Gasteiger charge is -2.22. The summed E-state index contributed by atoms with van der Waals surface area (Å²) >= 11 is 1.98. The van der Waals surface area contributed by atoms with Gasteiger partial charge in [-0.1, -0.05) is 12.1 Å². The average molecular weight is 300 g/mol. The number of rotatable bonds is 5. The van der Waals surface area contributed by atoms with Crippen LogP contribution in [0.4, 0.5) is 0 Å². The van der Waals surface area contributed by atoms with E-state index in [4.69, 9.17) is 0 Å². The first-order valence-corrected chi connectivity index (χ1v) is 9.09. The van der Waals surface area contributed by atoms with E-state index < -0.39 is 10.0 Å². The lowest BCUT2D eigenvalue weighted by molar-refractivity contribution is 0.507. The van der Waals surface area contributed by atoms with E-state index in [1.54, 1.807) is 18.2 Å². The van der Waals surface area contributed by atoms with Crippen LogP contribution in [0.3, 0.4) is 0 Å². The van der Waals surface area contributed by atoms with Crippen LogP contribution < -0.4 is 10.0 Å². The van der Waals surface area contributed by atoms with E-state index >= 15 is 0 Å². The summed E-state index contributed by atoms with van der Waals surface area (Å²) in [6.45, 7) is 0.721. The number of sulfonamides is 1. The van der Waals surface area contributed by atoms with Gasteiger partial charge in [-0.05, 0) is 43.3 Å². The third-order valence-electron chi connectivity index (χ3n) is 3.23. The number of benzene rings is 1. The molecule has 4 nitrogen and oxygen atoms in total. The SMILES string of the molecule is CNS(=O)(=O)c1cccc(CN[C@@H]2CCCSC2)c1. The van der Waals surface area contributed by atoms with Gasteiger partial charge in [0.2, 0.25) is 10.0 Å². The predicted molar refractivity (Wildman–Crippen MR) is 79.9 cm³/mol. The van der Waals surface area contributed by atoms with Crippen LogP contribution in [0.1, 0.15) is 18.4 Å². The van der Waals surface area contributed by atoms with Crippen LogP contribution in [0.2, 0.25) is 0 Å². The van der Waals surface area contributed by atoms with Crippen molar-refractivity contribution in [2.45, 2.75) is 30.3 Å². The highest BCUT2D eigenvalue weighted by Gasteiger charge is 2.14. The summed E-state index contributed by atoms with van der Waals surface area (Å²) in [5.41, 5.74) is 1.01. The third kappa shape index (κ3) is 4.21. The Labute approximate surface area is 119 Å². The van der Waals surface area contributed by atoms with Gasteiger partial charge in [0.15, 0.2) is 0 Å². The Hall–Kier alpha value is -0.560. The van der Waals surface area contributed by atoms with E-state index in [2.05, 4.69) is 10.0 Å². The number of hydrogen-bond donors (Lipinski definition) is 2. The number of nitrogens with one attached hydrogen (secondary N) is 2. The van der Waals surface area contributed by atoms with Crippen molar-refractivity contribution in [1.29, 1.82) is 0 Å². The molecule has 0 spiro atoms. The van der Waals surface area contributed by atoms with Gasteiger partial charge in [0.1, 0.15) is 0 Å².